The van der Waals surface area contributed by atoms with Crippen LogP contribution in [-0.2, 0) is 14.3 Å². The molecule has 3 nitrogen and oxygen atoms in total. The van der Waals surface area contributed by atoms with Crippen molar-refractivity contribution < 1.29 is 14.3 Å². The third-order valence-electron chi connectivity index (χ3n) is 3.25. The highest BCUT2D eigenvalue weighted by atomic mass is 16.5. The van der Waals surface area contributed by atoms with Gasteiger partial charge in [0.25, 0.3) is 0 Å². The molecule has 1 unspecified atom stereocenters. The molecule has 0 saturated carbocycles. The maximum atomic E-state index is 10.9. The summed E-state index contributed by atoms with van der Waals surface area (Å²) in [5.74, 6) is 0.0991. The van der Waals surface area contributed by atoms with Crippen LogP contribution in [0.2, 0.25) is 0 Å². The summed E-state index contributed by atoms with van der Waals surface area (Å²) in [6, 6.07) is 0. The zero-order valence-corrected chi connectivity index (χ0v) is 13.3. The molecule has 0 bridgehead atoms. The van der Waals surface area contributed by atoms with E-state index in [0.717, 1.165) is 38.5 Å². The number of hydrogen-bond acceptors (Lipinski definition) is 3. The van der Waals surface area contributed by atoms with Gasteiger partial charge in [0.05, 0.1) is 0 Å². The van der Waals surface area contributed by atoms with Crippen LogP contribution in [0.3, 0.4) is 0 Å². The van der Waals surface area contributed by atoms with E-state index >= 15 is 0 Å². The molecule has 0 saturated heterocycles. The normalized spacial score (nSPS) is 12.6. The molecule has 116 valence electrons. The summed E-state index contributed by atoms with van der Waals surface area (Å²) in [7, 11) is 0. The van der Waals surface area contributed by atoms with Crippen LogP contribution in [-0.4, -0.2) is 17.9 Å². The summed E-state index contributed by atoms with van der Waals surface area (Å²) in [6.45, 7) is 5.17. The molecule has 0 aromatic heterocycles. The number of carbonyl (C=O) groups is 2. The zero-order chi connectivity index (χ0) is 15.2. The number of unbranched alkanes of at least 4 members (excludes halogenated alkanes) is 4. The first kappa shape index (κ1) is 18.9. The fourth-order valence-corrected chi connectivity index (χ4v) is 2.10. The third kappa shape index (κ3) is 13.3. The standard InChI is InChI=1S/C17H30O3/c1-4-17(20-16(3)19)14-12-10-8-6-5-7-9-11-13-15(2)18/h5,7,17H,4,6,8-14H2,1-3H3. The molecule has 0 aromatic rings. The van der Waals surface area contributed by atoms with Gasteiger partial charge in [0.15, 0.2) is 0 Å². The first-order valence-electron chi connectivity index (χ1n) is 7.88. The third-order valence-corrected chi connectivity index (χ3v) is 3.25. The summed E-state index contributed by atoms with van der Waals surface area (Å²) < 4.78 is 5.21. The number of esters is 1. The average Bonchev–Trinajstić information content (AvgIpc) is 2.38. The van der Waals surface area contributed by atoms with Crippen LogP contribution < -0.4 is 0 Å². The lowest BCUT2D eigenvalue weighted by molar-refractivity contribution is -0.146. The smallest absolute Gasteiger partial charge is 0.302 e. The van der Waals surface area contributed by atoms with E-state index in [1.54, 1.807) is 6.92 Å². The van der Waals surface area contributed by atoms with Crippen molar-refractivity contribution in [1.29, 1.82) is 0 Å². The van der Waals surface area contributed by atoms with Crippen molar-refractivity contribution in [2.45, 2.75) is 84.7 Å². The largest absolute Gasteiger partial charge is 0.463 e. The summed E-state index contributed by atoms with van der Waals surface area (Å²) in [6.07, 6.45) is 13.6. The maximum Gasteiger partial charge on any atom is 0.302 e. The van der Waals surface area contributed by atoms with Crippen molar-refractivity contribution in [2.75, 3.05) is 0 Å². The Balaban J connectivity index is 3.40. The Labute approximate surface area is 123 Å². The highest BCUT2D eigenvalue weighted by molar-refractivity contribution is 5.75. The molecule has 0 heterocycles. The minimum Gasteiger partial charge on any atom is -0.463 e. The molecule has 3 heteroatoms. The van der Waals surface area contributed by atoms with Crippen molar-refractivity contribution in [3.63, 3.8) is 0 Å². The Morgan fingerprint density at radius 3 is 2.20 bits per heavy atom. The number of ketones is 1. The maximum absolute atomic E-state index is 10.9. The molecule has 0 rings (SSSR count). The average molecular weight is 282 g/mol. The minimum atomic E-state index is -0.176. The molecule has 0 aliphatic heterocycles. The van der Waals surface area contributed by atoms with E-state index < -0.39 is 0 Å². The Kier molecular flexibility index (Phi) is 12.2. The first-order chi connectivity index (χ1) is 9.56. The van der Waals surface area contributed by atoms with Crippen LogP contribution in [0.15, 0.2) is 12.2 Å². The Morgan fingerprint density at radius 1 is 1.00 bits per heavy atom. The topological polar surface area (TPSA) is 43.4 Å². The summed E-state index contributed by atoms with van der Waals surface area (Å²) in [5, 5.41) is 0. The monoisotopic (exact) mass is 282 g/mol. The van der Waals surface area contributed by atoms with Crippen LogP contribution >= 0.6 is 0 Å². The minimum absolute atomic E-state index is 0.0922. The van der Waals surface area contributed by atoms with Gasteiger partial charge >= 0.3 is 5.97 Å². The van der Waals surface area contributed by atoms with Crippen LogP contribution in [0.4, 0.5) is 0 Å². The molecule has 0 aliphatic carbocycles. The quantitative estimate of drug-likeness (QED) is 0.298. The van der Waals surface area contributed by atoms with Gasteiger partial charge in [-0.3, -0.25) is 4.79 Å². The van der Waals surface area contributed by atoms with Crippen molar-refractivity contribution in [3.05, 3.63) is 12.2 Å². The zero-order valence-electron chi connectivity index (χ0n) is 13.3. The number of carbonyl (C=O) groups excluding carboxylic acids is 2. The van der Waals surface area contributed by atoms with Gasteiger partial charge in [-0.05, 0) is 51.9 Å². The van der Waals surface area contributed by atoms with E-state index in [4.69, 9.17) is 4.74 Å². The van der Waals surface area contributed by atoms with Crippen LogP contribution in [0.1, 0.15) is 78.6 Å². The van der Waals surface area contributed by atoms with Gasteiger partial charge < -0.3 is 9.53 Å². The summed E-state index contributed by atoms with van der Waals surface area (Å²) >= 11 is 0. The second-order valence-electron chi connectivity index (χ2n) is 5.34. The van der Waals surface area contributed by atoms with Gasteiger partial charge in [-0.15, -0.1) is 0 Å². The first-order valence-corrected chi connectivity index (χ1v) is 7.88. The van der Waals surface area contributed by atoms with Gasteiger partial charge in [-0.2, -0.15) is 0 Å². The van der Waals surface area contributed by atoms with Crippen molar-refractivity contribution in [3.8, 4) is 0 Å². The molecule has 0 fully saturated rings. The van der Waals surface area contributed by atoms with E-state index in [1.165, 1.54) is 19.8 Å². The number of allylic oxidation sites excluding steroid dienone is 2. The molecular weight excluding hydrogens is 252 g/mol. The van der Waals surface area contributed by atoms with Crippen molar-refractivity contribution in [1.82, 2.24) is 0 Å². The van der Waals surface area contributed by atoms with Gasteiger partial charge in [0.2, 0.25) is 0 Å². The molecule has 20 heavy (non-hydrogen) atoms. The van der Waals surface area contributed by atoms with Gasteiger partial charge in [-0.1, -0.05) is 25.5 Å². The van der Waals surface area contributed by atoms with E-state index in [9.17, 15) is 9.59 Å². The summed E-state index contributed by atoms with van der Waals surface area (Å²) in [5.41, 5.74) is 0. The number of Topliss-reactive ketones (excluding diaryl/α,β-unsaturated/α-hetero) is 1. The molecule has 1 atom stereocenters. The molecule has 0 spiro atoms. The lowest BCUT2D eigenvalue weighted by Gasteiger charge is -2.14. The Hall–Kier alpha value is -1.12. The molecule has 0 amide bonds. The van der Waals surface area contributed by atoms with Gasteiger partial charge in [0.1, 0.15) is 11.9 Å². The van der Waals surface area contributed by atoms with E-state index in [2.05, 4.69) is 19.1 Å². The van der Waals surface area contributed by atoms with E-state index in [1.807, 2.05) is 0 Å². The Bertz CT molecular complexity index is 295. The second-order valence-corrected chi connectivity index (χ2v) is 5.34. The predicted octanol–water partition coefficient (Wildman–Crippen LogP) is 4.59. The van der Waals surface area contributed by atoms with E-state index in [0.29, 0.717) is 6.42 Å². The lowest BCUT2D eigenvalue weighted by atomic mass is 10.1. The van der Waals surface area contributed by atoms with Crippen molar-refractivity contribution in [2.24, 2.45) is 0 Å². The SMILES string of the molecule is CCC(CCCCCC=CCCCC(C)=O)OC(C)=O. The molecule has 0 N–H and O–H groups in total. The van der Waals surface area contributed by atoms with Crippen molar-refractivity contribution >= 4 is 11.8 Å². The molecule has 0 aromatic carbocycles. The van der Waals surface area contributed by atoms with Crippen LogP contribution in [0.25, 0.3) is 0 Å². The molecular formula is C17H30O3. The fourth-order valence-electron chi connectivity index (χ4n) is 2.10. The van der Waals surface area contributed by atoms with Gasteiger partial charge in [0, 0.05) is 13.3 Å². The highest BCUT2D eigenvalue weighted by Crippen LogP contribution is 2.11. The summed E-state index contributed by atoms with van der Waals surface area (Å²) in [4.78, 5) is 21.6. The number of hydrogen-bond donors (Lipinski definition) is 0. The Morgan fingerprint density at radius 2 is 1.65 bits per heavy atom. The van der Waals surface area contributed by atoms with E-state index in [-0.39, 0.29) is 17.9 Å². The fraction of sp³-hybridized carbons (Fsp3) is 0.765. The number of ether oxygens (including phenoxy) is 1. The second kappa shape index (κ2) is 12.9. The van der Waals surface area contributed by atoms with Gasteiger partial charge in [-0.25, -0.2) is 0 Å². The highest BCUT2D eigenvalue weighted by Gasteiger charge is 2.08. The van der Waals surface area contributed by atoms with Crippen LogP contribution in [0.5, 0.6) is 0 Å². The lowest BCUT2D eigenvalue weighted by Crippen LogP contribution is -2.14. The molecule has 0 aliphatic rings. The molecule has 0 radical (unpaired) electrons. The van der Waals surface area contributed by atoms with Crippen LogP contribution in [0, 0.1) is 0 Å². The number of rotatable bonds is 12. The predicted molar refractivity (Wildman–Crippen MR) is 82.6 cm³/mol.